The minimum atomic E-state index is -3.55. The minimum Gasteiger partial charge on any atom is -0.379 e. The molecule has 1 fully saturated rings. The second kappa shape index (κ2) is 7.33. The van der Waals surface area contributed by atoms with Crippen LogP contribution in [0, 0.1) is 6.92 Å². The predicted octanol–water partition coefficient (Wildman–Crippen LogP) is 0.630. The normalized spacial score (nSPS) is 17.0. The van der Waals surface area contributed by atoms with Gasteiger partial charge in [0.2, 0.25) is 0 Å². The van der Waals surface area contributed by atoms with Gasteiger partial charge in [-0.2, -0.15) is 0 Å². The van der Waals surface area contributed by atoms with Crippen molar-refractivity contribution in [1.82, 2.24) is 15.2 Å². The second-order valence-corrected chi connectivity index (χ2v) is 6.64. The highest BCUT2D eigenvalue weighted by molar-refractivity contribution is 7.89. The summed E-state index contributed by atoms with van der Waals surface area (Å²) in [5, 5.41) is 4.91. The van der Waals surface area contributed by atoms with Crippen LogP contribution in [0.15, 0.2) is 23.1 Å². The van der Waals surface area contributed by atoms with Gasteiger partial charge in [-0.05, 0) is 30.7 Å². The smallest absolute Gasteiger partial charge is 0.253 e. The summed E-state index contributed by atoms with van der Waals surface area (Å²) in [5.41, 5.74) is 1.79. The van der Waals surface area contributed by atoms with E-state index in [1.165, 1.54) is 0 Å². The lowest BCUT2D eigenvalue weighted by Gasteiger charge is -2.27. The van der Waals surface area contributed by atoms with Crippen LogP contribution in [-0.4, -0.2) is 46.3 Å². The summed E-state index contributed by atoms with van der Waals surface area (Å²) >= 11 is 0. The van der Waals surface area contributed by atoms with Gasteiger partial charge in [0.05, 0.1) is 18.1 Å². The van der Waals surface area contributed by atoms with E-state index in [0.29, 0.717) is 37.7 Å². The van der Waals surface area contributed by atoms with E-state index in [9.17, 15) is 8.42 Å². The number of hydrogen-bond acceptors (Lipinski definition) is 5. The molecule has 1 aliphatic heterocycles. The number of nitrogens with one attached hydrogen (secondary N) is 2. The lowest BCUT2D eigenvalue weighted by atomic mass is 10.1. The summed E-state index contributed by atoms with van der Waals surface area (Å²) in [5.74, 6) is 0. The van der Waals surface area contributed by atoms with Crippen LogP contribution in [0.25, 0.3) is 0 Å². The molecule has 1 saturated heterocycles. The maximum atomic E-state index is 12.5. The van der Waals surface area contributed by atoms with Crippen molar-refractivity contribution in [3.8, 4) is 0 Å². The fourth-order valence-corrected chi connectivity index (χ4v) is 3.69. The summed E-state index contributed by atoms with van der Waals surface area (Å²) in [6.45, 7) is 7.61. The van der Waals surface area contributed by atoms with Gasteiger partial charge >= 0.3 is 0 Å². The fourth-order valence-electron chi connectivity index (χ4n) is 2.28. The Morgan fingerprint density at radius 3 is 2.67 bits per heavy atom. The molecule has 2 N–H and O–H groups in total. The van der Waals surface area contributed by atoms with Crippen molar-refractivity contribution in [2.75, 3.05) is 32.8 Å². The van der Waals surface area contributed by atoms with E-state index in [2.05, 4.69) is 10.1 Å². The van der Waals surface area contributed by atoms with Crippen molar-refractivity contribution in [2.45, 2.75) is 25.3 Å². The molecule has 0 atom stereocenters. The zero-order valence-corrected chi connectivity index (χ0v) is 13.4. The molecule has 0 saturated carbocycles. The second-order valence-electron chi connectivity index (χ2n) is 5.01. The zero-order chi connectivity index (χ0) is 15.3. The van der Waals surface area contributed by atoms with Crippen molar-refractivity contribution in [1.29, 1.82) is 0 Å². The van der Waals surface area contributed by atoms with Crippen LogP contribution in [-0.2, 0) is 21.3 Å². The molecule has 1 heterocycles. The first-order valence-corrected chi connectivity index (χ1v) is 8.67. The third-order valence-electron chi connectivity index (χ3n) is 3.51. The summed E-state index contributed by atoms with van der Waals surface area (Å²) < 4.78 is 30.3. The molecule has 1 aromatic carbocycles. The molecule has 1 aliphatic rings. The third-order valence-corrected chi connectivity index (χ3v) is 5.03. The highest BCUT2D eigenvalue weighted by Gasteiger charge is 2.22. The molecule has 0 aliphatic carbocycles. The molecule has 2 rings (SSSR count). The molecule has 0 bridgehead atoms. The van der Waals surface area contributed by atoms with Gasteiger partial charge in [-0.1, -0.05) is 19.1 Å². The number of morpholine rings is 1. The number of hydrogen-bond donors (Lipinski definition) is 2. The molecule has 0 spiro atoms. The van der Waals surface area contributed by atoms with Gasteiger partial charge in [-0.25, -0.2) is 13.4 Å². The van der Waals surface area contributed by atoms with Crippen molar-refractivity contribution in [2.24, 2.45) is 0 Å². The Hall–Kier alpha value is -0.990. The van der Waals surface area contributed by atoms with Gasteiger partial charge < -0.3 is 10.1 Å². The zero-order valence-electron chi connectivity index (χ0n) is 12.6. The van der Waals surface area contributed by atoms with E-state index in [1.54, 1.807) is 17.1 Å². The molecule has 7 heteroatoms. The SMILES string of the molecule is CCNCc1cccc(S(=O)(=O)NN2CCOCC2)c1C. The summed E-state index contributed by atoms with van der Waals surface area (Å²) in [6.07, 6.45) is 0. The Labute approximate surface area is 126 Å². The molecule has 0 amide bonds. The molecule has 1 aromatic rings. The van der Waals surface area contributed by atoms with Crippen LogP contribution < -0.4 is 10.1 Å². The molecule has 6 nitrogen and oxygen atoms in total. The first kappa shape index (κ1) is 16.4. The molecule has 0 unspecified atom stereocenters. The highest BCUT2D eigenvalue weighted by Crippen LogP contribution is 2.19. The van der Waals surface area contributed by atoms with Crippen LogP contribution in [0.1, 0.15) is 18.1 Å². The van der Waals surface area contributed by atoms with Gasteiger partial charge in [0, 0.05) is 19.6 Å². The Kier molecular flexibility index (Phi) is 5.72. The Bertz CT molecular complexity index is 569. The van der Waals surface area contributed by atoms with E-state index in [4.69, 9.17) is 4.74 Å². The average Bonchev–Trinajstić information content (AvgIpc) is 2.46. The number of nitrogens with zero attached hydrogens (tertiary/aromatic N) is 1. The van der Waals surface area contributed by atoms with Crippen LogP contribution in [0.2, 0.25) is 0 Å². The first-order valence-electron chi connectivity index (χ1n) is 7.19. The van der Waals surface area contributed by atoms with E-state index < -0.39 is 10.0 Å². The Balaban J connectivity index is 2.18. The molecule has 21 heavy (non-hydrogen) atoms. The molecule has 0 aromatic heterocycles. The number of hydrazine groups is 1. The van der Waals surface area contributed by atoms with Crippen molar-refractivity contribution >= 4 is 10.0 Å². The Morgan fingerprint density at radius 1 is 1.29 bits per heavy atom. The van der Waals surface area contributed by atoms with E-state index in [0.717, 1.165) is 17.7 Å². The number of sulfonamides is 1. The number of rotatable bonds is 6. The van der Waals surface area contributed by atoms with Gasteiger partial charge in [0.25, 0.3) is 10.0 Å². The quantitative estimate of drug-likeness (QED) is 0.806. The summed E-state index contributed by atoms with van der Waals surface area (Å²) in [6, 6.07) is 5.38. The lowest BCUT2D eigenvalue weighted by molar-refractivity contribution is 0.0272. The molecular formula is C14H23N3O3S. The standard InChI is InChI=1S/C14H23N3O3S/c1-3-15-11-13-5-4-6-14(12(13)2)21(18,19)16-17-7-9-20-10-8-17/h4-6,15-16H,3,7-11H2,1-2H3. The lowest BCUT2D eigenvalue weighted by Crippen LogP contribution is -2.48. The van der Waals surface area contributed by atoms with Gasteiger partial charge in [0.15, 0.2) is 0 Å². The average molecular weight is 313 g/mol. The highest BCUT2D eigenvalue weighted by atomic mass is 32.2. The molecule has 0 radical (unpaired) electrons. The number of ether oxygens (including phenoxy) is 1. The van der Waals surface area contributed by atoms with Gasteiger partial charge in [-0.15, -0.1) is 4.83 Å². The molecular weight excluding hydrogens is 290 g/mol. The number of benzene rings is 1. The van der Waals surface area contributed by atoms with E-state index in [1.807, 2.05) is 19.9 Å². The minimum absolute atomic E-state index is 0.337. The van der Waals surface area contributed by atoms with Crippen LogP contribution in [0.4, 0.5) is 0 Å². The predicted molar refractivity (Wildman–Crippen MR) is 81.3 cm³/mol. The first-order chi connectivity index (χ1) is 10.0. The largest absolute Gasteiger partial charge is 0.379 e. The maximum absolute atomic E-state index is 12.5. The fraction of sp³-hybridized carbons (Fsp3) is 0.571. The van der Waals surface area contributed by atoms with Gasteiger partial charge in [0.1, 0.15) is 0 Å². The van der Waals surface area contributed by atoms with Crippen LogP contribution in [0.3, 0.4) is 0 Å². The van der Waals surface area contributed by atoms with Crippen molar-refractivity contribution < 1.29 is 13.2 Å². The summed E-state index contributed by atoms with van der Waals surface area (Å²) in [4.78, 5) is 2.98. The van der Waals surface area contributed by atoms with Crippen LogP contribution >= 0.6 is 0 Å². The van der Waals surface area contributed by atoms with E-state index >= 15 is 0 Å². The monoisotopic (exact) mass is 313 g/mol. The topological polar surface area (TPSA) is 70.7 Å². The van der Waals surface area contributed by atoms with Gasteiger partial charge in [-0.3, -0.25) is 0 Å². The van der Waals surface area contributed by atoms with Crippen molar-refractivity contribution in [3.05, 3.63) is 29.3 Å². The molecule has 118 valence electrons. The van der Waals surface area contributed by atoms with Crippen LogP contribution in [0.5, 0.6) is 0 Å². The Morgan fingerprint density at radius 2 is 2.00 bits per heavy atom. The summed E-state index contributed by atoms with van der Waals surface area (Å²) in [7, 11) is -3.55. The van der Waals surface area contributed by atoms with Crippen molar-refractivity contribution in [3.63, 3.8) is 0 Å². The van der Waals surface area contributed by atoms with E-state index in [-0.39, 0.29) is 0 Å². The maximum Gasteiger partial charge on any atom is 0.253 e. The third kappa shape index (κ3) is 4.24.